The van der Waals surface area contributed by atoms with E-state index in [0.29, 0.717) is 5.56 Å². The molecular formula is C22H16Cl2IN3O4. The second-order valence-electron chi connectivity index (χ2n) is 6.55. The van der Waals surface area contributed by atoms with Gasteiger partial charge >= 0.3 is 11.9 Å². The van der Waals surface area contributed by atoms with Gasteiger partial charge in [0.15, 0.2) is 0 Å². The number of benzene rings is 2. The number of ether oxygens (including phenoxy) is 2. The van der Waals surface area contributed by atoms with E-state index in [9.17, 15) is 14.9 Å². The van der Waals surface area contributed by atoms with Crippen LogP contribution in [-0.4, -0.2) is 26.2 Å². The summed E-state index contributed by atoms with van der Waals surface area (Å²) in [5, 5.41) is 10.3. The van der Waals surface area contributed by atoms with Crippen LogP contribution in [0.1, 0.15) is 11.5 Å². The van der Waals surface area contributed by atoms with E-state index in [0.717, 1.165) is 10.7 Å². The van der Waals surface area contributed by atoms with E-state index in [1.807, 2.05) is 22.6 Å². The monoisotopic (exact) mass is 583 g/mol. The molecular weight excluding hydrogens is 568 g/mol. The first-order valence-corrected chi connectivity index (χ1v) is 10.9. The van der Waals surface area contributed by atoms with Crippen molar-refractivity contribution in [1.82, 2.24) is 0 Å². The van der Waals surface area contributed by atoms with Crippen molar-refractivity contribution in [2.24, 2.45) is 5.73 Å². The Labute approximate surface area is 208 Å². The first kappa shape index (κ1) is 23.9. The number of halogens is 3. The van der Waals surface area contributed by atoms with E-state index in [2.05, 4.69) is 6.07 Å². The average Bonchev–Trinajstić information content (AvgIpc) is 2.78. The summed E-state index contributed by atoms with van der Waals surface area (Å²) in [6, 6.07) is 14.0. The first-order valence-electron chi connectivity index (χ1n) is 9.06. The summed E-state index contributed by atoms with van der Waals surface area (Å²) in [7, 11) is 2.34. The lowest BCUT2D eigenvalue weighted by molar-refractivity contribution is -0.139. The smallest absolute Gasteiger partial charge is 0.355 e. The minimum Gasteiger partial charge on any atom is -0.466 e. The number of hydrogen-bond donors (Lipinski definition) is 1. The van der Waals surface area contributed by atoms with E-state index in [1.54, 1.807) is 42.5 Å². The van der Waals surface area contributed by atoms with Gasteiger partial charge < -0.3 is 15.2 Å². The van der Waals surface area contributed by atoms with Gasteiger partial charge in [0.1, 0.15) is 11.5 Å². The van der Waals surface area contributed by atoms with Crippen molar-refractivity contribution >= 4 is 63.4 Å². The number of hydrogen-bond acceptors (Lipinski definition) is 7. The van der Waals surface area contributed by atoms with Crippen LogP contribution >= 0.6 is 45.8 Å². The van der Waals surface area contributed by atoms with Gasteiger partial charge in [-0.3, -0.25) is 4.90 Å². The second-order valence-corrected chi connectivity index (χ2v) is 8.61. The van der Waals surface area contributed by atoms with Crippen molar-refractivity contribution < 1.29 is 19.1 Å². The van der Waals surface area contributed by atoms with Crippen molar-refractivity contribution in [3.63, 3.8) is 0 Å². The fraction of sp³-hybridized carbons (Fsp3) is 0.136. The van der Waals surface area contributed by atoms with Gasteiger partial charge in [0.2, 0.25) is 0 Å². The number of anilines is 1. The molecule has 10 heteroatoms. The summed E-state index contributed by atoms with van der Waals surface area (Å²) in [5.41, 5.74) is 6.78. The Morgan fingerprint density at radius 1 is 1.09 bits per heavy atom. The van der Waals surface area contributed by atoms with Crippen LogP contribution in [0.25, 0.3) is 0 Å². The molecule has 0 aliphatic carbocycles. The summed E-state index contributed by atoms with van der Waals surface area (Å²) in [6.07, 6.45) is 0. The molecule has 1 heterocycles. The molecule has 0 radical (unpaired) electrons. The van der Waals surface area contributed by atoms with Crippen molar-refractivity contribution in [2.45, 2.75) is 5.92 Å². The quantitative estimate of drug-likeness (QED) is 0.417. The van der Waals surface area contributed by atoms with Gasteiger partial charge in [-0.1, -0.05) is 53.5 Å². The van der Waals surface area contributed by atoms with E-state index in [1.165, 1.54) is 12.0 Å². The number of nitriles is 1. The van der Waals surface area contributed by atoms with Gasteiger partial charge in [-0.05, 0) is 40.3 Å². The maximum Gasteiger partial charge on any atom is 0.355 e. The van der Waals surface area contributed by atoms with Gasteiger partial charge in [-0.25, -0.2) is 9.59 Å². The fourth-order valence-corrected chi connectivity index (χ4v) is 5.14. The molecule has 1 aliphatic heterocycles. The second kappa shape index (κ2) is 9.81. The molecule has 1 aliphatic rings. The van der Waals surface area contributed by atoms with E-state index >= 15 is 0 Å². The Balaban J connectivity index is 2.48. The number of allylic oxidation sites excluding steroid dienone is 1. The van der Waals surface area contributed by atoms with Crippen molar-refractivity contribution in [1.29, 1.82) is 5.26 Å². The van der Waals surface area contributed by atoms with Crippen LogP contribution < -0.4 is 10.6 Å². The molecule has 2 aromatic rings. The Hall–Kier alpha value is -2.74. The topological polar surface area (TPSA) is 106 Å². The van der Waals surface area contributed by atoms with Gasteiger partial charge in [-0.2, -0.15) is 5.26 Å². The number of nitrogens with zero attached hydrogens (tertiary/aromatic N) is 2. The zero-order chi connectivity index (χ0) is 23.6. The third-order valence-corrected chi connectivity index (χ3v) is 6.01. The molecule has 32 heavy (non-hydrogen) atoms. The fourth-order valence-electron chi connectivity index (χ4n) is 3.49. The number of esters is 2. The summed E-state index contributed by atoms with van der Waals surface area (Å²) in [5.74, 6) is -2.79. The lowest BCUT2D eigenvalue weighted by Gasteiger charge is -2.36. The highest BCUT2D eigenvalue weighted by Gasteiger charge is 2.43. The summed E-state index contributed by atoms with van der Waals surface area (Å²) in [6.45, 7) is 0. The van der Waals surface area contributed by atoms with Crippen LogP contribution in [0.2, 0.25) is 10.0 Å². The summed E-state index contributed by atoms with van der Waals surface area (Å²) >= 11 is 15.0. The molecule has 0 fully saturated rings. The number of rotatable bonds is 4. The van der Waals surface area contributed by atoms with Crippen LogP contribution in [0.15, 0.2) is 65.1 Å². The van der Waals surface area contributed by atoms with E-state index in [-0.39, 0.29) is 38.4 Å². The zero-order valence-corrected chi connectivity index (χ0v) is 20.5. The van der Waals surface area contributed by atoms with Gasteiger partial charge in [0, 0.05) is 3.57 Å². The lowest BCUT2D eigenvalue weighted by Crippen LogP contribution is -2.41. The predicted octanol–water partition coefficient (Wildman–Crippen LogP) is 4.50. The molecule has 0 bridgehead atoms. The maximum atomic E-state index is 13.0. The highest BCUT2D eigenvalue weighted by molar-refractivity contribution is 14.1. The third kappa shape index (κ3) is 4.16. The van der Waals surface area contributed by atoms with Crippen LogP contribution in [0.5, 0.6) is 0 Å². The molecule has 2 aromatic carbocycles. The Morgan fingerprint density at radius 3 is 2.16 bits per heavy atom. The Kier molecular flexibility index (Phi) is 7.33. The molecule has 0 spiro atoms. The Morgan fingerprint density at radius 2 is 1.66 bits per heavy atom. The maximum absolute atomic E-state index is 13.0. The molecule has 0 saturated heterocycles. The molecule has 0 aromatic heterocycles. The number of carbonyl (C=O) groups excluding carboxylic acids is 2. The van der Waals surface area contributed by atoms with Gasteiger partial charge in [0.05, 0.1) is 53.1 Å². The number of methoxy groups -OCH3 is 2. The molecule has 0 saturated carbocycles. The number of nitrogens with two attached hydrogens (primary N) is 1. The normalized spacial score (nSPS) is 16.0. The molecule has 1 unspecified atom stereocenters. The average molecular weight is 584 g/mol. The van der Waals surface area contributed by atoms with Crippen LogP contribution in [0.4, 0.5) is 5.69 Å². The largest absolute Gasteiger partial charge is 0.466 e. The zero-order valence-electron chi connectivity index (χ0n) is 16.9. The van der Waals surface area contributed by atoms with Crippen molar-refractivity contribution in [2.75, 3.05) is 19.1 Å². The lowest BCUT2D eigenvalue weighted by atomic mass is 9.81. The predicted molar refractivity (Wildman–Crippen MR) is 129 cm³/mol. The highest BCUT2D eigenvalue weighted by Crippen LogP contribution is 2.46. The minimum atomic E-state index is -0.972. The van der Waals surface area contributed by atoms with Crippen LogP contribution in [0.3, 0.4) is 0 Å². The molecule has 7 nitrogen and oxygen atoms in total. The summed E-state index contributed by atoms with van der Waals surface area (Å²) in [4.78, 5) is 27.2. The van der Waals surface area contributed by atoms with Crippen molar-refractivity contribution in [3.8, 4) is 6.07 Å². The summed E-state index contributed by atoms with van der Waals surface area (Å²) < 4.78 is 10.7. The van der Waals surface area contributed by atoms with Crippen LogP contribution in [0, 0.1) is 14.9 Å². The molecule has 0 amide bonds. The molecule has 1 atom stereocenters. The standard InChI is InChI=1S/C22H16Cl2IN3O4/c1-31-21(29)17-16(11-6-4-3-5-7-11)13(10-26)20(27)28(19(17)22(30)32-2)18-14(23)8-12(25)9-15(18)24/h3-9,16H,27H2,1-2H3. The Bertz CT molecular complexity index is 1180. The van der Waals surface area contributed by atoms with Gasteiger partial charge in [0.25, 0.3) is 0 Å². The number of carbonyl (C=O) groups is 2. The van der Waals surface area contributed by atoms with E-state index in [4.69, 9.17) is 38.4 Å². The van der Waals surface area contributed by atoms with Crippen LogP contribution in [-0.2, 0) is 19.1 Å². The molecule has 2 N–H and O–H groups in total. The minimum absolute atomic E-state index is 0.0231. The molecule has 164 valence electrons. The van der Waals surface area contributed by atoms with Gasteiger partial charge in [-0.15, -0.1) is 0 Å². The SMILES string of the molecule is COC(=O)C1=C(C(=O)OC)N(c2c(Cl)cc(I)cc2Cl)C(N)=C(C#N)C1c1ccccc1. The van der Waals surface area contributed by atoms with E-state index < -0.39 is 17.9 Å². The van der Waals surface area contributed by atoms with Crippen molar-refractivity contribution in [3.05, 3.63) is 84.3 Å². The first-order chi connectivity index (χ1) is 15.3. The highest BCUT2D eigenvalue weighted by atomic mass is 127. The molecule has 3 rings (SSSR count). The third-order valence-electron chi connectivity index (χ3n) is 4.82.